The third kappa shape index (κ3) is 6.11. The fourth-order valence-corrected chi connectivity index (χ4v) is 6.29. The van der Waals surface area contributed by atoms with Crippen LogP contribution in [0.5, 0.6) is 5.75 Å². The maximum absolute atomic E-state index is 15.8. The summed E-state index contributed by atoms with van der Waals surface area (Å²) in [5.41, 5.74) is 4.06. The van der Waals surface area contributed by atoms with Crippen LogP contribution in [0.15, 0.2) is 42.9 Å². The van der Waals surface area contributed by atoms with Crippen LogP contribution in [-0.2, 0) is 30.6 Å². The molecule has 6 atom stereocenters. The van der Waals surface area contributed by atoms with Gasteiger partial charge >= 0.3 is 12.6 Å². The van der Waals surface area contributed by atoms with Crippen LogP contribution in [0, 0.1) is 0 Å². The number of aliphatic hydroxyl groups is 1. The van der Waals surface area contributed by atoms with E-state index in [1.54, 1.807) is 51.1 Å². The molecule has 4 N–H and O–H groups in total. The third-order valence-electron chi connectivity index (χ3n) is 5.74. The van der Waals surface area contributed by atoms with E-state index in [-0.39, 0.29) is 24.3 Å². The number of nitrogens with one attached hydrogen (secondary N) is 1. The van der Waals surface area contributed by atoms with E-state index in [0.717, 1.165) is 0 Å². The molecule has 4 rings (SSSR count). The fourth-order valence-electron chi connectivity index (χ4n) is 3.87. The molecule has 1 fully saturated rings. The molecule has 1 saturated heterocycles. The van der Waals surface area contributed by atoms with Crippen molar-refractivity contribution in [1.82, 2.24) is 24.6 Å². The van der Waals surface area contributed by atoms with Crippen molar-refractivity contribution in [2.75, 3.05) is 12.3 Å². The Bertz CT molecular complexity index is 1330. The number of benzene rings is 1. The van der Waals surface area contributed by atoms with Gasteiger partial charge in [0.25, 0.3) is 0 Å². The number of nitrogen functional groups attached to an aromatic ring is 1. The Morgan fingerprint density at radius 3 is 2.74 bits per heavy atom. The molecule has 0 spiro atoms. The summed E-state index contributed by atoms with van der Waals surface area (Å²) in [6, 6.07) is 7.78. The molecular formula is C23H30FN6O6PS. The van der Waals surface area contributed by atoms with E-state index < -0.39 is 42.8 Å². The van der Waals surface area contributed by atoms with Gasteiger partial charge in [-0.3, -0.25) is 9.36 Å². The second-order valence-corrected chi connectivity index (χ2v) is 12.4. The lowest BCUT2D eigenvalue weighted by Gasteiger charge is -2.28. The van der Waals surface area contributed by atoms with Gasteiger partial charge in [0.05, 0.1) is 25.2 Å². The largest absolute Gasteiger partial charge is 0.462 e. The van der Waals surface area contributed by atoms with Crippen LogP contribution in [0.2, 0.25) is 0 Å². The molecule has 3 aromatic rings. The first-order valence-electron chi connectivity index (χ1n) is 11.8. The zero-order chi connectivity index (χ0) is 27.7. The minimum atomic E-state index is -3.43. The third-order valence-corrected chi connectivity index (χ3v) is 8.24. The minimum absolute atomic E-state index is 0.0202. The van der Waals surface area contributed by atoms with Gasteiger partial charge in [0.15, 0.2) is 17.5 Å². The van der Waals surface area contributed by atoms with E-state index in [4.69, 9.17) is 36.1 Å². The van der Waals surface area contributed by atoms with E-state index in [1.165, 1.54) is 24.0 Å². The average Bonchev–Trinajstić information content (AvgIpc) is 3.35. The molecule has 3 heterocycles. The number of esters is 1. The first kappa shape index (κ1) is 28.3. The van der Waals surface area contributed by atoms with Gasteiger partial charge in [-0.25, -0.2) is 19.4 Å². The highest BCUT2D eigenvalue weighted by Gasteiger charge is 2.55. The Balaban J connectivity index is 1.54. The molecule has 2 aromatic heterocycles. The summed E-state index contributed by atoms with van der Waals surface area (Å²) < 4.78 is 40.2. The van der Waals surface area contributed by atoms with Crippen molar-refractivity contribution in [2.45, 2.75) is 63.9 Å². The van der Waals surface area contributed by atoms with Gasteiger partial charge in [-0.1, -0.05) is 18.2 Å². The highest BCUT2D eigenvalue weighted by atomic mass is 32.5. The van der Waals surface area contributed by atoms with Crippen LogP contribution in [0.4, 0.5) is 10.3 Å². The standard InChI is InChI=1S/C23H30FN6O6PS/c1-13(2)34-20(32)14(3)29-37(38,36-15-8-6-5-7-9-15)33-11-17-18(31)23(4,24)21(35-17)30-12-27-16-10-26-22(25)28-19(16)30/h5-10,12-14,17-18,21,31H,11H2,1-4H3,(H,29,38)(H2,25,26,28)/t14?,17-,18-,21?,23-,37+/m1/s1. The monoisotopic (exact) mass is 568 g/mol. The van der Waals surface area contributed by atoms with Crippen LogP contribution in [0.25, 0.3) is 11.2 Å². The second kappa shape index (κ2) is 11.2. The Labute approximate surface area is 223 Å². The summed E-state index contributed by atoms with van der Waals surface area (Å²) in [6.45, 7) is 2.45. The summed E-state index contributed by atoms with van der Waals surface area (Å²) in [5, 5.41) is 13.7. The Hall–Kier alpha value is -2.74. The number of carbonyl (C=O) groups is 1. The highest BCUT2D eigenvalue weighted by Crippen LogP contribution is 2.48. The molecule has 0 aliphatic carbocycles. The maximum atomic E-state index is 15.8. The molecule has 38 heavy (non-hydrogen) atoms. The topological polar surface area (TPSA) is 156 Å². The van der Waals surface area contributed by atoms with Crippen molar-refractivity contribution in [3.63, 3.8) is 0 Å². The molecule has 206 valence electrons. The molecule has 0 radical (unpaired) electrons. The number of alkyl halides is 1. The number of ether oxygens (including phenoxy) is 2. The van der Waals surface area contributed by atoms with Crippen molar-refractivity contribution in [3.05, 3.63) is 42.9 Å². The number of rotatable bonds is 10. The Kier molecular flexibility index (Phi) is 8.31. The molecule has 0 bridgehead atoms. The molecule has 1 aromatic carbocycles. The number of aromatic nitrogens is 4. The van der Waals surface area contributed by atoms with Gasteiger partial charge in [-0.2, -0.15) is 4.98 Å². The Morgan fingerprint density at radius 2 is 2.05 bits per heavy atom. The molecule has 15 heteroatoms. The van der Waals surface area contributed by atoms with Crippen LogP contribution in [-0.4, -0.2) is 67.2 Å². The quantitative estimate of drug-likeness (QED) is 0.243. The maximum Gasteiger partial charge on any atom is 0.323 e. The summed E-state index contributed by atoms with van der Waals surface area (Å²) in [5.74, 6) is -0.166. The lowest BCUT2D eigenvalue weighted by Crippen LogP contribution is -2.41. The lowest BCUT2D eigenvalue weighted by atomic mass is 9.98. The number of halogens is 1. The number of para-hydroxylation sites is 1. The molecule has 0 amide bonds. The van der Waals surface area contributed by atoms with E-state index in [1.807, 2.05) is 0 Å². The van der Waals surface area contributed by atoms with Crippen LogP contribution in [0.3, 0.4) is 0 Å². The fraction of sp³-hybridized carbons (Fsp3) is 0.478. The van der Waals surface area contributed by atoms with E-state index in [9.17, 15) is 9.90 Å². The number of hydrogen-bond donors (Lipinski definition) is 3. The number of carbonyl (C=O) groups excluding carboxylic acids is 1. The number of imidazole rings is 1. The van der Waals surface area contributed by atoms with Crippen molar-refractivity contribution in [3.8, 4) is 5.75 Å². The first-order valence-corrected chi connectivity index (χ1v) is 14.5. The van der Waals surface area contributed by atoms with Crippen LogP contribution >= 0.6 is 6.64 Å². The van der Waals surface area contributed by atoms with Crippen LogP contribution < -0.4 is 15.3 Å². The van der Waals surface area contributed by atoms with Gasteiger partial charge in [0.1, 0.15) is 29.5 Å². The smallest absolute Gasteiger partial charge is 0.323 e. The summed E-state index contributed by atoms with van der Waals surface area (Å²) in [6.07, 6.45) is -1.64. The second-order valence-electron chi connectivity index (χ2n) is 9.25. The summed E-state index contributed by atoms with van der Waals surface area (Å²) >= 11 is 5.68. The number of anilines is 1. The number of aliphatic hydroxyl groups excluding tert-OH is 1. The number of nitrogens with zero attached hydrogens (tertiary/aromatic N) is 4. The number of hydrogen-bond acceptors (Lipinski definition) is 11. The van der Waals surface area contributed by atoms with Crippen molar-refractivity contribution < 1.29 is 32.8 Å². The predicted octanol–water partition coefficient (Wildman–Crippen LogP) is 2.64. The van der Waals surface area contributed by atoms with Gasteiger partial charge in [-0.05, 0) is 51.6 Å². The number of fused-ring (bicyclic) bond motifs is 1. The molecular weight excluding hydrogens is 538 g/mol. The van der Waals surface area contributed by atoms with Gasteiger partial charge in [0.2, 0.25) is 5.95 Å². The average molecular weight is 569 g/mol. The van der Waals surface area contributed by atoms with Gasteiger partial charge < -0.3 is 29.4 Å². The lowest BCUT2D eigenvalue weighted by molar-refractivity contribution is -0.149. The molecule has 1 aliphatic rings. The zero-order valence-electron chi connectivity index (χ0n) is 21.2. The number of nitrogens with two attached hydrogens (primary N) is 1. The molecule has 12 nitrogen and oxygen atoms in total. The summed E-state index contributed by atoms with van der Waals surface area (Å²) in [7, 11) is 0. The molecule has 1 aliphatic heterocycles. The van der Waals surface area contributed by atoms with Crippen LogP contribution in [0.1, 0.15) is 33.9 Å². The predicted molar refractivity (Wildman–Crippen MR) is 140 cm³/mol. The summed E-state index contributed by atoms with van der Waals surface area (Å²) in [4.78, 5) is 24.6. The van der Waals surface area contributed by atoms with E-state index in [0.29, 0.717) is 11.3 Å². The van der Waals surface area contributed by atoms with E-state index >= 15 is 4.39 Å². The SMILES string of the molecule is CC(C)OC(=O)C(C)N[P@](=S)(OC[C@H]1OC(n2cnc3cnc(N)nc32)[C@](C)(F)[C@@H]1O)Oc1ccccc1. The van der Waals surface area contributed by atoms with Gasteiger partial charge in [0, 0.05) is 0 Å². The van der Waals surface area contributed by atoms with E-state index in [2.05, 4.69) is 20.0 Å². The molecule has 2 unspecified atom stereocenters. The Morgan fingerprint density at radius 1 is 1.34 bits per heavy atom. The molecule has 0 saturated carbocycles. The highest BCUT2D eigenvalue weighted by molar-refractivity contribution is 8.09. The normalized spacial score (nSPS) is 25.8. The van der Waals surface area contributed by atoms with Crippen molar-refractivity contribution >= 4 is 41.5 Å². The van der Waals surface area contributed by atoms with Crippen molar-refractivity contribution in [1.29, 1.82) is 0 Å². The minimum Gasteiger partial charge on any atom is -0.462 e. The van der Waals surface area contributed by atoms with Gasteiger partial charge in [-0.15, -0.1) is 0 Å². The van der Waals surface area contributed by atoms with Crippen molar-refractivity contribution in [2.24, 2.45) is 0 Å². The first-order chi connectivity index (χ1) is 17.9. The zero-order valence-corrected chi connectivity index (χ0v) is 22.9.